The average molecular weight is 218 g/mol. The normalized spacial score (nSPS) is 20.0. The summed E-state index contributed by atoms with van der Waals surface area (Å²) in [7, 11) is 0. The smallest absolute Gasteiger partial charge is 0.147 e. The van der Waals surface area contributed by atoms with E-state index in [0.29, 0.717) is 18.0 Å². The Bertz CT molecular complexity index is 530. The molecule has 0 spiro atoms. The SMILES string of the molecule is NCC1CCCc2c1[nH]c1c(F)cccc21. The van der Waals surface area contributed by atoms with Crippen LogP contribution >= 0.6 is 0 Å². The van der Waals surface area contributed by atoms with Gasteiger partial charge >= 0.3 is 0 Å². The highest BCUT2D eigenvalue weighted by Crippen LogP contribution is 2.35. The van der Waals surface area contributed by atoms with Crippen LogP contribution in [0, 0.1) is 5.82 Å². The molecular formula is C13H15FN2. The van der Waals surface area contributed by atoms with Crippen molar-refractivity contribution < 1.29 is 4.39 Å². The maximum Gasteiger partial charge on any atom is 0.147 e. The van der Waals surface area contributed by atoms with Crippen LogP contribution in [0.1, 0.15) is 30.0 Å². The van der Waals surface area contributed by atoms with Crippen LogP contribution in [0.2, 0.25) is 0 Å². The van der Waals surface area contributed by atoms with Crippen molar-refractivity contribution in [3.63, 3.8) is 0 Å². The fourth-order valence-electron chi connectivity index (χ4n) is 2.78. The molecule has 0 saturated carbocycles. The second kappa shape index (κ2) is 3.59. The van der Waals surface area contributed by atoms with Gasteiger partial charge in [-0.1, -0.05) is 12.1 Å². The van der Waals surface area contributed by atoms with Crippen LogP contribution in [0.5, 0.6) is 0 Å². The fraction of sp³-hybridized carbons (Fsp3) is 0.385. The molecular weight excluding hydrogens is 203 g/mol. The maximum absolute atomic E-state index is 13.6. The van der Waals surface area contributed by atoms with E-state index in [1.54, 1.807) is 6.07 Å². The average Bonchev–Trinajstić information content (AvgIpc) is 2.69. The van der Waals surface area contributed by atoms with E-state index < -0.39 is 0 Å². The molecule has 3 N–H and O–H groups in total. The summed E-state index contributed by atoms with van der Waals surface area (Å²) in [6.07, 6.45) is 3.30. The number of rotatable bonds is 1. The molecule has 1 aromatic carbocycles. The molecule has 1 aliphatic rings. The molecule has 0 bridgehead atoms. The minimum atomic E-state index is -0.164. The number of aromatic amines is 1. The van der Waals surface area contributed by atoms with Crippen molar-refractivity contribution in [1.82, 2.24) is 4.98 Å². The number of nitrogens with two attached hydrogens (primary N) is 1. The third kappa shape index (κ3) is 1.28. The van der Waals surface area contributed by atoms with Crippen LogP contribution in [0.3, 0.4) is 0 Å². The number of para-hydroxylation sites is 1. The van der Waals surface area contributed by atoms with Gasteiger partial charge in [-0.2, -0.15) is 0 Å². The molecule has 84 valence electrons. The number of H-pyrrole nitrogens is 1. The molecule has 1 aliphatic carbocycles. The molecule has 16 heavy (non-hydrogen) atoms. The summed E-state index contributed by atoms with van der Waals surface area (Å²) in [4.78, 5) is 3.23. The minimum absolute atomic E-state index is 0.164. The largest absolute Gasteiger partial charge is 0.355 e. The minimum Gasteiger partial charge on any atom is -0.355 e. The third-order valence-corrected chi connectivity index (χ3v) is 3.60. The van der Waals surface area contributed by atoms with Gasteiger partial charge in [-0.3, -0.25) is 0 Å². The molecule has 0 saturated heterocycles. The van der Waals surface area contributed by atoms with E-state index >= 15 is 0 Å². The number of halogens is 1. The molecule has 2 aromatic rings. The Morgan fingerprint density at radius 2 is 2.31 bits per heavy atom. The molecule has 0 fully saturated rings. The Morgan fingerprint density at radius 1 is 1.44 bits per heavy atom. The first-order valence-corrected chi connectivity index (χ1v) is 5.80. The molecule has 0 radical (unpaired) electrons. The zero-order chi connectivity index (χ0) is 11.1. The molecule has 0 amide bonds. The molecule has 1 atom stereocenters. The highest BCUT2D eigenvalue weighted by molar-refractivity contribution is 5.85. The van der Waals surface area contributed by atoms with Crippen LogP contribution < -0.4 is 5.73 Å². The Hall–Kier alpha value is -1.35. The molecule has 1 heterocycles. The van der Waals surface area contributed by atoms with Gasteiger partial charge in [-0.15, -0.1) is 0 Å². The van der Waals surface area contributed by atoms with Crippen LogP contribution in [-0.4, -0.2) is 11.5 Å². The predicted molar refractivity (Wildman–Crippen MR) is 63.0 cm³/mol. The lowest BCUT2D eigenvalue weighted by atomic mass is 9.87. The molecule has 0 aliphatic heterocycles. The molecule has 2 nitrogen and oxygen atoms in total. The van der Waals surface area contributed by atoms with E-state index in [0.717, 1.165) is 30.3 Å². The summed E-state index contributed by atoms with van der Waals surface area (Å²) in [5.74, 6) is 0.207. The van der Waals surface area contributed by atoms with Crippen LogP contribution in [0.15, 0.2) is 18.2 Å². The monoisotopic (exact) mass is 218 g/mol. The van der Waals surface area contributed by atoms with Gasteiger partial charge in [0, 0.05) is 23.5 Å². The van der Waals surface area contributed by atoms with Gasteiger partial charge in [-0.25, -0.2) is 4.39 Å². The molecule has 1 aromatic heterocycles. The lowest BCUT2D eigenvalue weighted by Crippen LogP contribution is -2.17. The zero-order valence-electron chi connectivity index (χ0n) is 9.09. The number of benzene rings is 1. The van der Waals surface area contributed by atoms with Gasteiger partial charge in [0.2, 0.25) is 0 Å². The van der Waals surface area contributed by atoms with Crippen molar-refractivity contribution >= 4 is 10.9 Å². The number of nitrogens with one attached hydrogen (secondary N) is 1. The molecule has 1 unspecified atom stereocenters. The van der Waals surface area contributed by atoms with Crippen molar-refractivity contribution in [2.45, 2.75) is 25.2 Å². The fourth-order valence-corrected chi connectivity index (χ4v) is 2.78. The number of aromatic nitrogens is 1. The second-order valence-corrected chi connectivity index (χ2v) is 4.50. The highest BCUT2D eigenvalue weighted by Gasteiger charge is 2.23. The number of fused-ring (bicyclic) bond motifs is 3. The Morgan fingerprint density at radius 3 is 3.12 bits per heavy atom. The lowest BCUT2D eigenvalue weighted by Gasteiger charge is -2.20. The summed E-state index contributed by atoms with van der Waals surface area (Å²) >= 11 is 0. The Kier molecular flexibility index (Phi) is 2.21. The Balaban J connectivity index is 2.28. The van der Waals surface area contributed by atoms with Crippen LogP contribution in [0.4, 0.5) is 4.39 Å². The third-order valence-electron chi connectivity index (χ3n) is 3.60. The topological polar surface area (TPSA) is 41.8 Å². The zero-order valence-corrected chi connectivity index (χ0v) is 9.09. The first kappa shape index (κ1) is 9.85. The van der Waals surface area contributed by atoms with Crippen molar-refractivity contribution in [2.75, 3.05) is 6.54 Å². The van der Waals surface area contributed by atoms with E-state index in [2.05, 4.69) is 4.98 Å². The second-order valence-electron chi connectivity index (χ2n) is 4.50. The maximum atomic E-state index is 13.6. The first-order valence-electron chi connectivity index (χ1n) is 5.80. The lowest BCUT2D eigenvalue weighted by molar-refractivity contribution is 0.552. The van der Waals surface area contributed by atoms with Gasteiger partial charge in [0.05, 0.1) is 5.52 Å². The number of aryl methyl sites for hydroxylation is 1. The first-order chi connectivity index (χ1) is 7.81. The van der Waals surface area contributed by atoms with E-state index in [1.807, 2.05) is 6.07 Å². The van der Waals surface area contributed by atoms with Gasteiger partial charge in [0.1, 0.15) is 5.82 Å². The van der Waals surface area contributed by atoms with Crippen LogP contribution in [-0.2, 0) is 6.42 Å². The van der Waals surface area contributed by atoms with Gasteiger partial charge in [0.25, 0.3) is 0 Å². The summed E-state index contributed by atoms with van der Waals surface area (Å²) in [5, 5.41) is 1.04. The van der Waals surface area contributed by atoms with Gasteiger partial charge in [-0.05, 0) is 30.9 Å². The summed E-state index contributed by atoms with van der Waals surface area (Å²) in [6.45, 7) is 0.640. The summed E-state index contributed by atoms with van der Waals surface area (Å²) in [6, 6.07) is 5.27. The van der Waals surface area contributed by atoms with Crippen molar-refractivity contribution in [3.8, 4) is 0 Å². The van der Waals surface area contributed by atoms with Gasteiger partial charge in [0.15, 0.2) is 0 Å². The highest BCUT2D eigenvalue weighted by atomic mass is 19.1. The van der Waals surface area contributed by atoms with E-state index in [9.17, 15) is 4.39 Å². The quantitative estimate of drug-likeness (QED) is 0.759. The number of hydrogen-bond acceptors (Lipinski definition) is 1. The van der Waals surface area contributed by atoms with Crippen molar-refractivity contribution in [2.24, 2.45) is 5.73 Å². The molecule has 3 rings (SSSR count). The standard InChI is InChI=1S/C13H15FN2/c14-11-6-2-5-10-9-4-1-3-8(7-15)12(9)16-13(10)11/h2,5-6,8,16H,1,3-4,7,15H2. The van der Waals surface area contributed by atoms with E-state index in [-0.39, 0.29) is 5.82 Å². The van der Waals surface area contributed by atoms with Gasteiger partial charge < -0.3 is 10.7 Å². The predicted octanol–water partition coefficient (Wildman–Crippen LogP) is 2.69. The summed E-state index contributed by atoms with van der Waals surface area (Å²) in [5.41, 5.74) is 8.85. The van der Waals surface area contributed by atoms with Crippen molar-refractivity contribution in [3.05, 3.63) is 35.3 Å². The van der Waals surface area contributed by atoms with E-state index in [1.165, 1.54) is 11.6 Å². The van der Waals surface area contributed by atoms with Crippen LogP contribution in [0.25, 0.3) is 10.9 Å². The molecule has 3 heteroatoms. The van der Waals surface area contributed by atoms with Crippen molar-refractivity contribution in [1.29, 1.82) is 0 Å². The van der Waals surface area contributed by atoms with E-state index in [4.69, 9.17) is 5.73 Å². The summed E-state index contributed by atoms with van der Waals surface area (Å²) < 4.78 is 13.6. The Labute approximate surface area is 93.6 Å². The number of hydrogen-bond donors (Lipinski definition) is 2.